The highest BCUT2D eigenvalue weighted by atomic mass is 16.7. The van der Waals surface area contributed by atoms with E-state index in [2.05, 4.69) is 11.8 Å². The molecule has 0 saturated carbocycles. The summed E-state index contributed by atoms with van der Waals surface area (Å²) in [5.74, 6) is 3.93. The molecule has 1 aliphatic rings. The van der Waals surface area contributed by atoms with Crippen LogP contribution in [-0.4, -0.2) is 31.8 Å². The maximum atomic E-state index is 12.3. The summed E-state index contributed by atoms with van der Waals surface area (Å²) in [5, 5.41) is 1.64. The third-order valence-electron chi connectivity index (χ3n) is 4.49. The minimum atomic E-state index is -0.604. The topological polar surface area (TPSA) is 87.9 Å². The molecular formula is C18H19NO5. The Balaban J connectivity index is 1.75. The molecule has 1 saturated heterocycles. The van der Waals surface area contributed by atoms with E-state index in [4.69, 9.17) is 15.4 Å². The van der Waals surface area contributed by atoms with Crippen LogP contribution in [0, 0.1) is 5.41 Å². The zero-order valence-corrected chi connectivity index (χ0v) is 13.4. The van der Waals surface area contributed by atoms with Gasteiger partial charge in [-0.1, -0.05) is 19.1 Å². The maximum Gasteiger partial charge on any atom is 0.356 e. The van der Waals surface area contributed by atoms with E-state index in [0.717, 1.165) is 17.2 Å². The molecule has 3 rings (SSSR count). The smallest absolute Gasteiger partial charge is 0.356 e. The number of hydrogen-bond acceptors (Lipinski definition) is 6. The predicted octanol–water partition coefficient (Wildman–Crippen LogP) is 2.45. The van der Waals surface area contributed by atoms with Crippen molar-refractivity contribution in [3.05, 3.63) is 47.5 Å². The number of esters is 1. The number of nitrogens with two attached hydrogens (primary N) is 1. The first-order chi connectivity index (χ1) is 11.6. The van der Waals surface area contributed by atoms with Crippen molar-refractivity contribution in [2.24, 2.45) is 11.3 Å². The van der Waals surface area contributed by atoms with Gasteiger partial charge in [0.15, 0.2) is 0 Å². The van der Waals surface area contributed by atoms with Crippen molar-refractivity contribution in [2.45, 2.75) is 13.3 Å². The third-order valence-corrected chi connectivity index (χ3v) is 4.49. The predicted molar refractivity (Wildman–Crippen MR) is 87.4 cm³/mol. The van der Waals surface area contributed by atoms with Gasteiger partial charge in [0.2, 0.25) is 0 Å². The van der Waals surface area contributed by atoms with E-state index in [1.165, 1.54) is 0 Å². The molecule has 0 atom stereocenters. The molecule has 2 aromatic carbocycles. The molecule has 24 heavy (non-hydrogen) atoms. The molecule has 0 spiro atoms. The molecule has 2 aromatic rings. The van der Waals surface area contributed by atoms with Crippen molar-refractivity contribution in [3.8, 4) is 0 Å². The zero-order valence-electron chi connectivity index (χ0n) is 13.4. The molecule has 0 amide bonds. The van der Waals surface area contributed by atoms with Gasteiger partial charge < -0.3 is 14.3 Å². The van der Waals surface area contributed by atoms with Gasteiger partial charge in [0.1, 0.15) is 6.61 Å². The number of rotatable bonds is 5. The lowest BCUT2D eigenvalue weighted by molar-refractivity contribution is -0.140. The molecule has 1 fully saturated rings. The van der Waals surface area contributed by atoms with Gasteiger partial charge in [-0.2, -0.15) is 5.90 Å². The zero-order chi connectivity index (χ0) is 17.2. The minimum absolute atomic E-state index is 0.0377. The van der Waals surface area contributed by atoms with Crippen molar-refractivity contribution in [3.63, 3.8) is 0 Å². The third kappa shape index (κ3) is 3.11. The summed E-state index contributed by atoms with van der Waals surface area (Å²) in [5.41, 5.74) is 0.794. The highest BCUT2D eigenvalue weighted by Gasteiger charge is 2.38. The van der Waals surface area contributed by atoms with Crippen molar-refractivity contribution >= 4 is 22.7 Å². The molecule has 1 aliphatic heterocycles. The molecule has 1 heterocycles. The molecule has 2 N–H and O–H groups in total. The highest BCUT2D eigenvalue weighted by Crippen LogP contribution is 2.31. The first-order valence-electron chi connectivity index (χ1n) is 7.77. The number of fused-ring (bicyclic) bond motifs is 1. The average Bonchev–Trinajstić information content (AvgIpc) is 2.59. The SMILES string of the molecule is CCC1(COC(=O)c2ccc3cc(C(=O)ON)ccc3c2)COC1. The Bertz CT molecular complexity index is 777. The highest BCUT2D eigenvalue weighted by molar-refractivity contribution is 5.98. The second-order valence-corrected chi connectivity index (χ2v) is 6.10. The van der Waals surface area contributed by atoms with E-state index in [1.54, 1.807) is 36.4 Å². The Morgan fingerprint density at radius 3 is 2.12 bits per heavy atom. The fraction of sp³-hybridized carbons (Fsp3) is 0.333. The van der Waals surface area contributed by atoms with E-state index in [0.29, 0.717) is 30.9 Å². The standard InChI is InChI=1S/C18H19NO5/c1-2-18(9-22-10-18)11-23-16(20)14-5-3-13-8-15(17(21)24-19)6-4-12(13)7-14/h3-8H,2,9-11,19H2,1H3. The minimum Gasteiger partial charge on any atom is -0.461 e. The van der Waals surface area contributed by atoms with Gasteiger partial charge in [-0.05, 0) is 41.5 Å². The summed E-state index contributed by atoms with van der Waals surface area (Å²) in [4.78, 5) is 27.9. The van der Waals surface area contributed by atoms with Gasteiger partial charge in [0.05, 0.1) is 29.8 Å². The van der Waals surface area contributed by atoms with Gasteiger partial charge in [0.25, 0.3) is 0 Å². The number of carbonyl (C=O) groups excluding carboxylic acids is 2. The van der Waals surface area contributed by atoms with Crippen LogP contribution < -0.4 is 5.90 Å². The Morgan fingerprint density at radius 2 is 1.67 bits per heavy atom. The average molecular weight is 329 g/mol. The molecule has 0 aliphatic carbocycles. The molecule has 0 radical (unpaired) electrons. The molecule has 0 bridgehead atoms. The maximum absolute atomic E-state index is 12.3. The van der Waals surface area contributed by atoms with Crippen LogP contribution >= 0.6 is 0 Å². The van der Waals surface area contributed by atoms with Crippen molar-refractivity contribution in [1.29, 1.82) is 0 Å². The first-order valence-corrected chi connectivity index (χ1v) is 7.77. The molecule has 126 valence electrons. The van der Waals surface area contributed by atoms with Crippen molar-refractivity contribution in [2.75, 3.05) is 19.8 Å². The van der Waals surface area contributed by atoms with Crippen LogP contribution in [0.1, 0.15) is 34.1 Å². The largest absolute Gasteiger partial charge is 0.461 e. The van der Waals surface area contributed by atoms with Crippen molar-refractivity contribution in [1.82, 2.24) is 0 Å². The van der Waals surface area contributed by atoms with Gasteiger partial charge in [-0.3, -0.25) is 0 Å². The van der Waals surface area contributed by atoms with Crippen LogP contribution in [0.15, 0.2) is 36.4 Å². The molecule has 6 nitrogen and oxygen atoms in total. The summed E-state index contributed by atoms with van der Waals surface area (Å²) in [6.07, 6.45) is 0.915. The van der Waals surface area contributed by atoms with Crippen LogP contribution in [-0.2, 0) is 14.3 Å². The van der Waals surface area contributed by atoms with Gasteiger partial charge in [-0.25, -0.2) is 9.59 Å². The lowest BCUT2D eigenvalue weighted by Crippen LogP contribution is -2.46. The first kappa shape index (κ1) is 16.4. The number of hydrogen-bond donors (Lipinski definition) is 1. The normalized spacial score (nSPS) is 15.6. The van der Waals surface area contributed by atoms with E-state index in [1.807, 2.05) is 0 Å². The number of carbonyl (C=O) groups is 2. The molecule has 6 heteroatoms. The second kappa shape index (κ2) is 6.59. The monoisotopic (exact) mass is 329 g/mol. The Labute approximate surface area is 139 Å². The van der Waals surface area contributed by atoms with Gasteiger partial charge in [-0.15, -0.1) is 0 Å². The summed E-state index contributed by atoms with van der Waals surface area (Å²) >= 11 is 0. The summed E-state index contributed by atoms with van der Waals surface area (Å²) < 4.78 is 10.7. The molecular weight excluding hydrogens is 310 g/mol. The summed E-state index contributed by atoms with van der Waals surface area (Å²) in [7, 11) is 0. The fourth-order valence-corrected chi connectivity index (χ4v) is 2.65. The Morgan fingerprint density at radius 1 is 1.08 bits per heavy atom. The van der Waals surface area contributed by atoms with Gasteiger partial charge >= 0.3 is 11.9 Å². The Kier molecular flexibility index (Phi) is 4.51. The van der Waals surface area contributed by atoms with Crippen molar-refractivity contribution < 1.29 is 23.9 Å². The quantitative estimate of drug-likeness (QED) is 0.669. The van der Waals surface area contributed by atoms with Crippen LogP contribution in [0.4, 0.5) is 0 Å². The number of ether oxygens (including phenoxy) is 2. The van der Waals surface area contributed by atoms with Crippen LogP contribution in [0.2, 0.25) is 0 Å². The number of benzene rings is 2. The Hall–Kier alpha value is -2.44. The molecule has 0 unspecified atom stereocenters. The van der Waals surface area contributed by atoms with Crippen LogP contribution in [0.3, 0.4) is 0 Å². The molecule has 0 aromatic heterocycles. The fourth-order valence-electron chi connectivity index (χ4n) is 2.65. The van der Waals surface area contributed by atoms with Crippen LogP contribution in [0.5, 0.6) is 0 Å². The van der Waals surface area contributed by atoms with Gasteiger partial charge in [0, 0.05) is 0 Å². The van der Waals surface area contributed by atoms with Crippen LogP contribution in [0.25, 0.3) is 10.8 Å². The van der Waals surface area contributed by atoms with E-state index in [9.17, 15) is 9.59 Å². The lowest BCUT2D eigenvalue weighted by Gasteiger charge is -2.39. The lowest BCUT2D eigenvalue weighted by atomic mass is 9.84. The summed E-state index contributed by atoms with van der Waals surface area (Å²) in [6.45, 7) is 3.70. The van der Waals surface area contributed by atoms with E-state index >= 15 is 0 Å². The van der Waals surface area contributed by atoms with E-state index in [-0.39, 0.29) is 11.4 Å². The second-order valence-electron chi connectivity index (χ2n) is 6.10. The van der Waals surface area contributed by atoms with E-state index < -0.39 is 5.97 Å². The summed E-state index contributed by atoms with van der Waals surface area (Å²) in [6, 6.07) is 10.2.